The minimum atomic E-state index is -3.98. The van der Waals surface area contributed by atoms with E-state index in [2.05, 4.69) is 4.84 Å². The van der Waals surface area contributed by atoms with Gasteiger partial charge in [0.05, 0.1) is 4.90 Å². The molecule has 0 saturated heterocycles. The molecule has 1 aromatic rings. The van der Waals surface area contributed by atoms with Gasteiger partial charge in [-0.25, -0.2) is 12.8 Å². The highest BCUT2D eigenvalue weighted by Crippen LogP contribution is 2.20. The van der Waals surface area contributed by atoms with Gasteiger partial charge in [0, 0.05) is 0 Å². The molecule has 1 rings (SSSR count). The highest BCUT2D eigenvalue weighted by Gasteiger charge is 2.20. The molecule has 0 aliphatic rings. The molecule has 0 aliphatic heterocycles. The molecule has 0 aliphatic carbocycles. The van der Waals surface area contributed by atoms with E-state index in [1.54, 1.807) is 4.89 Å². The van der Waals surface area contributed by atoms with Crippen LogP contribution in [0.2, 0.25) is 0 Å². The van der Waals surface area contributed by atoms with Gasteiger partial charge in [-0.3, -0.25) is 9.63 Å². The van der Waals surface area contributed by atoms with Crippen molar-refractivity contribution in [1.82, 2.24) is 4.89 Å². The number of amides is 1. The monoisotopic (exact) mass is 276 g/mol. The van der Waals surface area contributed by atoms with Gasteiger partial charge in [0.25, 0.3) is 10.0 Å². The third-order valence-electron chi connectivity index (χ3n) is 2.08. The van der Waals surface area contributed by atoms with Crippen LogP contribution in [-0.4, -0.2) is 20.9 Å². The van der Waals surface area contributed by atoms with Crippen molar-refractivity contribution in [2.45, 2.75) is 18.7 Å². The molecule has 6 nitrogen and oxygen atoms in total. The number of aryl methyl sites for hydroxylation is 2. The summed E-state index contributed by atoms with van der Waals surface area (Å²) in [6.45, 7) is 2.33. The molecule has 1 amide bonds. The molecule has 0 bridgehead atoms. The van der Waals surface area contributed by atoms with Crippen LogP contribution in [0.15, 0.2) is 17.0 Å². The van der Waals surface area contributed by atoms with Crippen LogP contribution in [-0.2, 0) is 19.7 Å². The SMILES string of the molecule is Cc1cc(F)cc(C)c1S(=O)(=O)NOCC(N)=O. The third-order valence-corrected chi connectivity index (χ3v) is 3.60. The van der Waals surface area contributed by atoms with E-state index in [-0.39, 0.29) is 16.0 Å². The molecule has 100 valence electrons. The maximum Gasteiger partial charge on any atom is 0.263 e. The van der Waals surface area contributed by atoms with E-state index in [0.717, 1.165) is 12.1 Å². The van der Waals surface area contributed by atoms with E-state index in [9.17, 15) is 17.6 Å². The molecule has 3 N–H and O–H groups in total. The van der Waals surface area contributed by atoms with Crippen LogP contribution >= 0.6 is 0 Å². The number of benzene rings is 1. The Labute approximate surface area is 104 Å². The summed E-state index contributed by atoms with van der Waals surface area (Å²) in [6.07, 6.45) is 0. The zero-order chi connectivity index (χ0) is 13.9. The Bertz CT molecular complexity index is 548. The first-order chi connectivity index (χ1) is 8.24. The van der Waals surface area contributed by atoms with Crippen molar-refractivity contribution >= 4 is 15.9 Å². The lowest BCUT2D eigenvalue weighted by Crippen LogP contribution is -2.30. The van der Waals surface area contributed by atoms with Crippen LogP contribution in [0, 0.1) is 19.7 Å². The summed E-state index contributed by atoms with van der Waals surface area (Å²) in [5.74, 6) is -1.34. The smallest absolute Gasteiger partial charge is 0.263 e. The topological polar surface area (TPSA) is 98.5 Å². The van der Waals surface area contributed by atoms with Gasteiger partial charge in [-0.15, -0.1) is 0 Å². The summed E-state index contributed by atoms with van der Waals surface area (Å²) in [5.41, 5.74) is 5.27. The Hall–Kier alpha value is -1.51. The van der Waals surface area contributed by atoms with Gasteiger partial charge in [0.2, 0.25) is 5.91 Å². The molecule has 0 spiro atoms. The second kappa shape index (κ2) is 5.42. The number of hydrogen-bond donors (Lipinski definition) is 2. The van der Waals surface area contributed by atoms with Crippen molar-refractivity contribution in [1.29, 1.82) is 0 Å². The average molecular weight is 276 g/mol. The van der Waals surface area contributed by atoms with Gasteiger partial charge in [-0.2, -0.15) is 0 Å². The summed E-state index contributed by atoms with van der Waals surface area (Å²) < 4.78 is 36.8. The van der Waals surface area contributed by atoms with Crippen LogP contribution in [0.1, 0.15) is 11.1 Å². The van der Waals surface area contributed by atoms with E-state index in [0.29, 0.717) is 0 Å². The van der Waals surface area contributed by atoms with Gasteiger partial charge in [0.15, 0.2) is 0 Å². The van der Waals surface area contributed by atoms with E-state index < -0.39 is 28.4 Å². The van der Waals surface area contributed by atoms with E-state index >= 15 is 0 Å². The summed E-state index contributed by atoms with van der Waals surface area (Å²) >= 11 is 0. The molecule has 0 unspecified atom stereocenters. The zero-order valence-electron chi connectivity index (χ0n) is 9.86. The maximum atomic E-state index is 13.0. The van der Waals surface area contributed by atoms with Gasteiger partial charge < -0.3 is 5.73 Å². The number of nitrogens with one attached hydrogen (secondary N) is 1. The summed E-state index contributed by atoms with van der Waals surface area (Å²) in [5, 5.41) is 0. The maximum absolute atomic E-state index is 13.0. The lowest BCUT2D eigenvalue weighted by atomic mass is 10.1. The highest BCUT2D eigenvalue weighted by molar-refractivity contribution is 7.89. The van der Waals surface area contributed by atoms with Crippen LogP contribution < -0.4 is 10.6 Å². The summed E-state index contributed by atoms with van der Waals surface area (Å²) in [6, 6.07) is 2.19. The van der Waals surface area contributed by atoms with Gasteiger partial charge in [0.1, 0.15) is 12.4 Å². The Morgan fingerprint density at radius 1 is 1.39 bits per heavy atom. The Morgan fingerprint density at radius 2 is 1.89 bits per heavy atom. The second-order valence-corrected chi connectivity index (χ2v) is 5.29. The second-order valence-electron chi connectivity index (χ2n) is 3.71. The minimum Gasteiger partial charge on any atom is -0.368 e. The zero-order valence-corrected chi connectivity index (χ0v) is 10.7. The molecule has 8 heteroatoms. The first kappa shape index (κ1) is 14.6. The van der Waals surface area contributed by atoms with E-state index in [1.807, 2.05) is 0 Å². The lowest BCUT2D eigenvalue weighted by Gasteiger charge is -2.11. The molecule has 0 heterocycles. The van der Waals surface area contributed by atoms with E-state index in [4.69, 9.17) is 5.73 Å². The highest BCUT2D eigenvalue weighted by atomic mass is 32.2. The number of carbonyl (C=O) groups is 1. The summed E-state index contributed by atoms with van der Waals surface area (Å²) in [7, 11) is -3.98. The van der Waals surface area contributed by atoms with Crippen LogP contribution in [0.5, 0.6) is 0 Å². The van der Waals surface area contributed by atoms with Crippen molar-refractivity contribution in [3.8, 4) is 0 Å². The van der Waals surface area contributed by atoms with Crippen LogP contribution in [0.25, 0.3) is 0 Å². The van der Waals surface area contributed by atoms with Crippen molar-refractivity contribution < 1.29 is 22.4 Å². The predicted octanol–water partition coefficient (Wildman–Crippen LogP) is 0.138. The molecule has 18 heavy (non-hydrogen) atoms. The standard InChI is InChI=1S/C10H13FN2O4S/c1-6-3-8(11)4-7(2)10(6)18(15,16)13-17-5-9(12)14/h3-4,13H,5H2,1-2H3,(H2,12,14). The molecule has 0 fully saturated rings. The fourth-order valence-electron chi connectivity index (χ4n) is 1.54. The minimum absolute atomic E-state index is 0.0895. The Kier molecular flexibility index (Phi) is 4.38. The van der Waals surface area contributed by atoms with Gasteiger partial charge >= 0.3 is 0 Å². The first-order valence-electron chi connectivity index (χ1n) is 4.92. The van der Waals surface area contributed by atoms with Crippen molar-refractivity contribution in [2.24, 2.45) is 5.73 Å². The molecule has 0 aromatic heterocycles. The summed E-state index contributed by atoms with van der Waals surface area (Å²) in [4.78, 5) is 16.5. The molecular formula is C10H13FN2O4S. The number of rotatable bonds is 5. The van der Waals surface area contributed by atoms with Crippen molar-refractivity contribution in [3.63, 3.8) is 0 Å². The average Bonchev–Trinajstić information content (AvgIpc) is 2.13. The van der Waals surface area contributed by atoms with Gasteiger partial charge in [-0.05, 0) is 37.1 Å². The fraction of sp³-hybridized carbons (Fsp3) is 0.300. The number of carbonyl (C=O) groups excluding carboxylic acids is 1. The number of halogens is 1. The van der Waals surface area contributed by atoms with Gasteiger partial charge in [-0.1, -0.05) is 4.89 Å². The number of sulfonamides is 1. The lowest BCUT2D eigenvalue weighted by molar-refractivity contribution is -0.123. The number of hydrogen-bond acceptors (Lipinski definition) is 4. The molecule has 1 aromatic carbocycles. The first-order valence-corrected chi connectivity index (χ1v) is 6.41. The Balaban J connectivity index is 3.02. The third kappa shape index (κ3) is 3.49. The largest absolute Gasteiger partial charge is 0.368 e. The van der Waals surface area contributed by atoms with Crippen LogP contribution in [0.4, 0.5) is 4.39 Å². The molecular weight excluding hydrogens is 263 g/mol. The Morgan fingerprint density at radius 3 is 2.33 bits per heavy atom. The van der Waals surface area contributed by atoms with Crippen molar-refractivity contribution in [3.05, 3.63) is 29.1 Å². The predicted molar refractivity (Wildman–Crippen MR) is 61.3 cm³/mol. The van der Waals surface area contributed by atoms with E-state index in [1.165, 1.54) is 13.8 Å². The fourth-order valence-corrected chi connectivity index (χ4v) is 2.80. The number of nitrogens with two attached hydrogens (primary N) is 1. The molecule has 0 radical (unpaired) electrons. The number of primary amides is 1. The molecule has 0 saturated carbocycles. The normalized spacial score (nSPS) is 11.5. The quantitative estimate of drug-likeness (QED) is 0.747. The van der Waals surface area contributed by atoms with Crippen molar-refractivity contribution in [2.75, 3.05) is 6.61 Å². The van der Waals surface area contributed by atoms with Crippen LogP contribution in [0.3, 0.4) is 0 Å². The molecule has 0 atom stereocenters.